The summed E-state index contributed by atoms with van der Waals surface area (Å²) >= 11 is 3.57. The number of ether oxygens (including phenoxy) is 2. The van der Waals surface area contributed by atoms with Crippen LogP contribution in [-0.4, -0.2) is 48.7 Å². The molecule has 0 spiro atoms. The van der Waals surface area contributed by atoms with Crippen LogP contribution in [0.1, 0.15) is 106 Å². The van der Waals surface area contributed by atoms with Crippen molar-refractivity contribution in [3.8, 4) is 0 Å². The van der Waals surface area contributed by atoms with E-state index in [0.717, 1.165) is 80.1 Å². The zero-order valence-corrected chi connectivity index (χ0v) is 27.0. The molecule has 0 aromatic heterocycles. The minimum absolute atomic E-state index is 0.202. The third kappa shape index (κ3) is 11.2. The Morgan fingerprint density at radius 2 is 1.59 bits per heavy atom. The summed E-state index contributed by atoms with van der Waals surface area (Å²) in [7, 11) is 0. The molecule has 0 saturated heterocycles. The van der Waals surface area contributed by atoms with Gasteiger partial charge in [0.1, 0.15) is 0 Å². The largest absolute Gasteiger partial charge is 0.465 e. The Balaban J connectivity index is 1.36. The Bertz CT molecular complexity index is 1100. The van der Waals surface area contributed by atoms with Crippen LogP contribution in [-0.2, 0) is 27.2 Å². The molecule has 1 atom stereocenters. The predicted octanol–water partition coefficient (Wildman–Crippen LogP) is 7.41. The molecule has 1 unspecified atom stereocenters. The summed E-state index contributed by atoms with van der Waals surface area (Å²) < 4.78 is 11.9. The Kier molecular flexibility index (Phi) is 13.8. The molecular formula is C34H49BrN2O4. The molecule has 3 rings (SSSR count). The van der Waals surface area contributed by atoms with Crippen LogP contribution < -0.4 is 5.73 Å². The van der Waals surface area contributed by atoms with Gasteiger partial charge in [-0.3, -0.25) is 9.69 Å². The van der Waals surface area contributed by atoms with E-state index in [1.165, 1.54) is 5.56 Å². The van der Waals surface area contributed by atoms with Gasteiger partial charge in [-0.1, -0.05) is 61.0 Å². The van der Waals surface area contributed by atoms with E-state index in [-0.39, 0.29) is 17.9 Å². The number of nitrogens with zero attached hydrogens (tertiary/aromatic N) is 1. The summed E-state index contributed by atoms with van der Waals surface area (Å²) in [4.78, 5) is 27.7. The fraction of sp³-hybridized carbons (Fsp3) is 0.588. The summed E-state index contributed by atoms with van der Waals surface area (Å²) in [6.07, 6.45) is 7.72. The monoisotopic (exact) mass is 628 g/mol. The molecule has 2 N–H and O–H groups in total. The molecule has 41 heavy (non-hydrogen) atoms. The second-order valence-electron chi connectivity index (χ2n) is 11.9. The normalized spacial score (nSPS) is 18.0. The number of hydrogen-bond acceptors (Lipinski definition) is 6. The van der Waals surface area contributed by atoms with E-state index < -0.39 is 0 Å². The Labute approximate surface area is 255 Å². The number of unbranched alkanes of at least 4 members (excludes halogenated alkanes) is 2. The van der Waals surface area contributed by atoms with Crippen LogP contribution in [0.2, 0.25) is 0 Å². The van der Waals surface area contributed by atoms with E-state index in [2.05, 4.69) is 59.8 Å². The van der Waals surface area contributed by atoms with E-state index in [0.29, 0.717) is 36.8 Å². The van der Waals surface area contributed by atoms with Gasteiger partial charge in [-0.15, -0.1) is 0 Å². The number of carbonyl (C=O) groups is 2. The minimum Gasteiger partial charge on any atom is -0.465 e. The molecule has 0 heterocycles. The Morgan fingerprint density at radius 3 is 2.22 bits per heavy atom. The quantitative estimate of drug-likeness (QED) is 0.163. The SMILES string of the molecule is CCN(Cc1cc(Br)cc(C(=O)OCCCCCOC(=O)C(C)c2ccc(CC(C)C)cc2)c1)C1CCC(N)CC1. The molecule has 1 aliphatic carbocycles. The molecule has 0 amide bonds. The molecule has 6 nitrogen and oxygen atoms in total. The first-order chi connectivity index (χ1) is 19.7. The number of benzene rings is 2. The van der Waals surface area contributed by atoms with E-state index >= 15 is 0 Å². The summed E-state index contributed by atoms with van der Waals surface area (Å²) in [5.74, 6) is -0.190. The number of halogens is 1. The molecule has 0 bridgehead atoms. The molecular weight excluding hydrogens is 580 g/mol. The van der Waals surface area contributed by atoms with Crippen molar-refractivity contribution in [1.82, 2.24) is 4.90 Å². The maximum atomic E-state index is 12.8. The van der Waals surface area contributed by atoms with Crippen LogP contribution in [0.4, 0.5) is 0 Å². The maximum Gasteiger partial charge on any atom is 0.338 e. The third-order valence-corrected chi connectivity index (χ3v) is 8.44. The van der Waals surface area contributed by atoms with E-state index in [1.807, 2.05) is 31.2 Å². The Hall–Kier alpha value is -2.22. The maximum absolute atomic E-state index is 12.8. The number of esters is 2. The van der Waals surface area contributed by atoms with Crippen molar-refractivity contribution < 1.29 is 19.1 Å². The molecule has 1 aliphatic rings. The lowest BCUT2D eigenvalue weighted by Gasteiger charge is -2.35. The van der Waals surface area contributed by atoms with Gasteiger partial charge in [0.05, 0.1) is 24.7 Å². The summed E-state index contributed by atoms with van der Waals surface area (Å²) in [6, 6.07) is 15.0. The van der Waals surface area contributed by atoms with Crippen LogP contribution in [0, 0.1) is 5.92 Å². The van der Waals surface area contributed by atoms with Crippen molar-refractivity contribution in [2.45, 2.75) is 104 Å². The van der Waals surface area contributed by atoms with Gasteiger partial charge in [0, 0.05) is 23.1 Å². The second-order valence-corrected chi connectivity index (χ2v) is 12.8. The van der Waals surface area contributed by atoms with Crippen molar-refractivity contribution >= 4 is 27.9 Å². The predicted molar refractivity (Wildman–Crippen MR) is 169 cm³/mol. The van der Waals surface area contributed by atoms with Crippen LogP contribution in [0.5, 0.6) is 0 Å². The standard InChI is InChI=1S/C34H49BrN2O4/c1-5-37(32-15-13-31(36)14-16-32)23-27-20-29(22-30(35)21-27)34(39)41-18-8-6-7-17-40-33(38)25(4)28-11-9-26(10-12-28)19-24(2)3/h9-12,20-22,24-25,31-32H,5-8,13-19,23,36H2,1-4H3. The third-order valence-electron chi connectivity index (χ3n) is 7.99. The molecule has 1 fully saturated rings. The highest BCUT2D eigenvalue weighted by Crippen LogP contribution is 2.25. The number of nitrogens with two attached hydrogens (primary N) is 1. The van der Waals surface area contributed by atoms with Gasteiger partial charge in [0.2, 0.25) is 0 Å². The zero-order valence-electron chi connectivity index (χ0n) is 25.4. The Morgan fingerprint density at radius 1 is 0.927 bits per heavy atom. The number of hydrogen-bond donors (Lipinski definition) is 1. The van der Waals surface area contributed by atoms with E-state index in [9.17, 15) is 9.59 Å². The average molecular weight is 630 g/mol. The molecule has 2 aromatic rings. The second kappa shape index (κ2) is 17.0. The molecule has 2 aromatic carbocycles. The van der Waals surface area contributed by atoms with Crippen molar-refractivity contribution in [3.05, 3.63) is 69.2 Å². The first-order valence-electron chi connectivity index (χ1n) is 15.4. The number of carbonyl (C=O) groups excluding carboxylic acids is 2. The highest BCUT2D eigenvalue weighted by molar-refractivity contribution is 9.10. The van der Waals surface area contributed by atoms with Gasteiger partial charge in [-0.05, 0) is 106 Å². The van der Waals surface area contributed by atoms with Crippen molar-refractivity contribution in [2.75, 3.05) is 19.8 Å². The molecule has 1 saturated carbocycles. The van der Waals surface area contributed by atoms with Gasteiger partial charge >= 0.3 is 11.9 Å². The molecule has 0 radical (unpaired) electrons. The average Bonchev–Trinajstić information content (AvgIpc) is 2.95. The lowest BCUT2D eigenvalue weighted by atomic mass is 9.90. The van der Waals surface area contributed by atoms with E-state index in [4.69, 9.17) is 15.2 Å². The molecule has 7 heteroatoms. The summed E-state index contributed by atoms with van der Waals surface area (Å²) in [6.45, 7) is 11.0. The van der Waals surface area contributed by atoms with Crippen molar-refractivity contribution in [3.63, 3.8) is 0 Å². The van der Waals surface area contributed by atoms with E-state index in [1.54, 1.807) is 0 Å². The van der Waals surface area contributed by atoms with Gasteiger partial charge in [0.25, 0.3) is 0 Å². The number of rotatable bonds is 15. The van der Waals surface area contributed by atoms with Gasteiger partial charge < -0.3 is 15.2 Å². The van der Waals surface area contributed by atoms with Crippen LogP contribution in [0.15, 0.2) is 46.9 Å². The minimum atomic E-state index is -0.307. The van der Waals surface area contributed by atoms with Crippen LogP contribution in [0.25, 0.3) is 0 Å². The lowest BCUT2D eigenvalue weighted by molar-refractivity contribution is -0.145. The topological polar surface area (TPSA) is 81.9 Å². The van der Waals surface area contributed by atoms with Crippen LogP contribution in [0.3, 0.4) is 0 Å². The fourth-order valence-electron chi connectivity index (χ4n) is 5.54. The summed E-state index contributed by atoms with van der Waals surface area (Å²) in [5.41, 5.74) is 10.0. The van der Waals surface area contributed by atoms with Crippen LogP contribution >= 0.6 is 15.9 Å². The van der Waals surface area contributed by atoms with Crippen molar-refractivity contribution in [2.24, 2.45) is 11.7 Å². The highest BCUT2D eigenvalue weighted by Gasteiger charge is 2.24. The fourth-order valence-corrected chi connectivity index (χ4v) is 6.08. The smallest absolute Gasteiger partial charge is 0.338 e. The molecule has 226 valence electrons. The van der Waals surface area contributed by atoms with Crippen molar-refractivity contribution in [1.29, 1.82) is 0 Å². The van der Waals surface area contributed by atoms with Gasteiger partial charge in [0.15, 0.2) is 0 Å². The first kappa shape index (κ1) is 33.3. The highest BCUT2D eigenvalue weighted by atomic mass is 79.9. The molecule has 0 aliphatic heterocycles. The van der Waals surface area contributed by atoms with Gasteiger partial charge in [-0.25, -0.2) is 4.79 Å². The first-order valence-corrected chi connectivity index (χ1v) is 16.2. The summed E-state index contributed by atoms with van der Waals surface area (Å²) in [5, 5.41) is 0. The zero-order chi connectivity index (χ0) is 29.8. The van der Waals surface area contributed by atoms with Gasteiger partial charge in [-0.2, -0.15) is 0 Å². The lowest BCUT2D eigenvalue weighted by Crippen LogP contribution is -2.40.